The van der Waals surface area contributed by atoms with Crippen molar-refractivity contribution in [3.8, 4) is 0 Å². The maximum atomic E-state index is 7.13. The zero-order valence-corrected chi connectivity index (χ0v) is 27.9. The normalized spacial score (nSPS) is 17.3. The molecule has 0 unspecified atom stereocenters. The highest BCUT2D eigenvalue weighted by molar-refractivity contribution is 14.1. The van der Waals surface area contributed by atoms with E-state index in [1.165, 1.54) is 34.0 Å². The lowest BCUT2D eigenvalue weighted by Gasteiger charge is -2.42. The minimum Gasteiger partial charge on any atom is -0.410 e. The Balaban J connectivity index is 3.18. The van der Waals surface area contributed by atoms with Crippen LogP contribution in [0.3, 0.4) is 0 Å². The quantitative estimate of drug-likeness (QED) is 0.110. The van der Waals surface area contributed by atoms with Crippen molar-refractivity contribution in [1.82, 2.24) is 0 Å². The lowest BCUT2D eigenvalue weighted by Crippen LogP contribution is -2.47. The molecule has 4 heteroatoms. The zero-order valence-electron chi connectivity index (χ0n) is 24.7. The van der Waals surface area contributed by atoms with Crippen LogP contribution >= 0.6 is 22.6 Å². The number of unbranched alkanes of at least 4 members (excludes halogenated alkanes) is 1. The highest BCUT2D eigenvalue weighted by atomic mass is 127. The summed E-state index contributed by atoms with van der Waals surface area (Å²) in [5, 5.41) is 0.157. The topological polar surface area (TPSA) is 18.5 Å². The molecule has 0 saturated carbocycles. The Kier molecular flexibility index (Phi) is 15.1. The van der Waals surface area contributed by atoms with Crippen LogP contribution in [0.15, 0.2) is 63.8 Å². The average molecular weight is 625 g/mol. The first-order chi connectivity index (χ1) is 16.8. The first-order valence-electron chi connectivity index (χ1n) is 13.8. The van der Waals surface area contributed by atoms with Crippen molar-refractivity contribution in [2.45, 2.75) is 105 Å². The van der Waals surface area contributed by atoms with E-state index in [1.807, 2.05) is 6.07 Å². The molecular formula is C32H53IO2Si. The number of benzene rings is 1. The molecule has 2 nitrogen and oxygen atoms in total. The molecule has 36 heavy (non-hydrogen) atoms. The molecular weight excluding hydrogens is 571 g/mol. The van der Waals surface area contributed by atoms with Gasteiger partial charge in [0.25, 0.3) is 0 Å². The van der Waals surface area contributed by atoms with Gasteiger partial charge in [0.1, 0.15) is 0 Å². The minimum absolute atomic E-state index is 0.0545. The summed E-state index contributed by atoms with van der Waals surface area (Å²) in [6, 6.07) is 10.4. The van der Waals surface area contributed by atoms with Gasteiger partial charge in [-0.2, -0.15) is 0 Å². The molecule has 1 aromatic carbocycles. The van der Waals surface area contributed by atoms with Gasteiger partial charge < -0.3 is 9.16 Å². The van der Waals surface area contributed by atoms with Crippen LogP contribution in [0, 0.1) is 17.8 Å². The molecule has 0 fully saturated rings. The predicted octanol–water partition coefficient (Wildman–Crippen LogP) is 10.5. The van der Waals surface area contributed by atoms with Crippen LogP contribution in [-0.2, 0) is 15.8 Å². The number of halogens is 1. The van der Waals surface area contributed by atoms with Crippen LogP contribution in [0.5, 0.6) is 0 Å². The van der Waals surface area contributed by atoms with Gasteiger partial charge >= 0.3 is 0 Å². The van der Waals surface area contributed by atoms with Gasteiger partial charge in [0.15, 0.2) is 8.32 Å². The smallest absolute Gasteiger partial charge is 0.192 e. The first kappa shape index (κ1) is 33.3. The van der Waals surface area contributed by atoms with Gasteiger partial charge in [-0.25, -0.2) is 0 Å². The van der Waals surface area contributed by atoms with E-state index < -0.39 is 8.32 Å². The maximum absolute atomic E-state index is 7.13. The summed E-state index contributed by atoms with van der Waals surface area (Å²) in [6.07, 6.45) is 13.1. The van der Waals surface area contributed by atoms with Gasteiger partial charge in [0, 0.05) is 5.92 Å². The number of hydrogen-bond acceptors (Lipinski definition) is 2. The number of rotatable bonds is 15. The second-order valence-corrected chi connectivity index (χ2v) is 18.4. The third kappa shape index (κ3) is 12.2. The van der Waals surface area contributed by atoms with Gasteiger partial charge in [0.2, 0.25) is 0 Å². The highest BCUT2D eigenvalue weighted by Crippen LogP contribution is 2.40. The van der Waals surface area contributed by atoms with E-state index in [0.29, 0.717) is 25.0 Å². The van der Waals surface area contributed by atoms with Crippen LogP contribution in [0.1, 0.15) is 80.2 Å². The van der Waals surface area contributed by atoms with Crippen molar-refractivity contribution in [2.75, 3.05) is 6.61 Å². The molecule has 1 aromatic rings. The van der Waals surface area contributed by atoms with Crippen molar-refractivity contribution >= 4 is 30.9 Å². The van der Waals surface area contributed by atoms with Crippen molar-refractivity contribution < 1.29 is 9.16 Å². The van der Waals surface area contributed by atoms with Gasteiger partial charge in [-0.3, -0.25) is 0 Å². The highest BCUT2D eigenvalue weighted by Gasteiger charge is 2.41. The summed E-state index contributed by atoms with van der Waals surface area (Å²) in [6.45, 7) is 24.4. The molecule has 0 aromatic heterocycles. The molecule has 0 saturated heterocycles. The Morgan fingerprint density at radius 1 is 1.08 bits per heavy atom. The fraction of sp³-hybridized carbons (Fsp3) is 0.625. The van der Waals surface area contributed by atoms with Crippen molar-refractivity contribution in [3.63, 3.8) is 0 Å². The lowest BCUT2D eigenvalue weighted by atomic mass is 9.86. The molecule has 0 aliphatic rings. The fourth-order valence-corrected chi connectivity index (χ4v) is 5.83. The molecule has 4 atom stereocenters. The second-order valence-electron chi connectivity index (χ2n) is 12.0. The summed E-state index contributed by atoms with van der Waals surface area (Å²) in [7, 11) is -1.97. The van der Waals surface area contributed by atoms with E-state index in [4.69, 9.17) is 9.16 Å². The van der Waals surface area contributed by atoms with Crippen LogP contribution in [0.2, 0.25) is 18.1 Å². The van der Waals surface area contributed by atoms with Gasteiger partial charge in [0.05, 0.1) is 19.3 Å². The standard InChI is InChI=1S/C32H53IO2Si/c1-11-12-17-25(2)18-16-19-26(3)31(35-36(9,10)32(6,7)8)28(5)30(22-27(4)33)24-34-23-29-20-14-13-15-21-29/h13-16,18-22,25,28,30-31H,11-12,17,23-24H2,1-10H3/b18-16+,26-19+,27-22+/t25-,28-,30+,31+/m1/s1. The molecule has 0 spiro atoms. The molecule has 0 heterocycles. The van der Waals surface area contributed by atoms with E-state index in [-0.39, 0.29) is 17.1 Å². The third-order valence-corrected chi connectivity index (χ3v) is 12.3. The summed E-state index contributed by atoms with van der Waals surface area (Å²) in [5.74, 6) is 1.17. The summed E-state index contributed by atoms with van der Waals surface area (Å²) in [4.78, 5) is 0. The van der Waals surface area contributed by atoms with Crippen molar-refractivity contribution in [3.05, 3.63) is 69.4 Å². The molecule has 1 rings (SSSR count). The van der Waals surface area contributed by atoms with Crippen LogP contribution in [0.25, 0.3) is 0 Å². The SMILES string of the molecule is CCCC[C@@H](C)/C=C/C=C(\C)[C@H](O[Si](C)(C)C(C)(C)C)[C@H](C)[C@@H](/C=C(\C)I)COCc1ccccc1. The molecule has 0 aliphatic heterocycles. The minimum atomic E-state index is -1.97. The summed E-state index contributed by atoms with van der Waals surface area (Å²) < 4.78 is 14.7. The number of allylic oxidation sites excluding steroid dienone is 4. The van der Waals surface area contributed by atoms with Crippen LogP contribution in [-0.4, -0.2) is 21.0 Å². The van der Waals surface area contributed by atoms with E-state index in [2.05, 4.69) is 140 Å². The number of hydrogen-bond donors (Lipinski definition) is 0. The zero-order chi connectivity index (χ0) is 27.4. The molecule has 0 radical (unpaired) electrons. The molecule has 0 N–H and O–H groups in total. The Hall–Kier alpha value is -0.693. The average Bonchev–Trinajstić information content (AvgIpc) is 2.79. The Morgan fingerprint density at radius 3 is 2.28 bits per heavy atom. The molecule has 0 aliphatic carbocycles. The Bertz CT molecular complexity index is 831. The summed E-state index contributed by atoms with van der Waals surface area (Å²) >= 11 is 2.42. The van der Waals surface area contributed by atoms with E-state index in [0.717, 1.165) is 0 Å². The summed E-state index contributed by atoms with van der Waals surface area (Å²) in [5.41, 5.74) is 2.52. The maximum Gasteiger partial charge on any atom is 0.192 e. The largest absolute Gasteiger partial charge is 0.410 e. The molecule has 204 valence electrons. The van der Waals surface area contributed by atoms with Gasteiger partial charge in [-0.15, -0.1) is 0 Å². The van der Waals surface area contributed by atoms with Gasteiger partial charge in [-0.1, -0.05) is 109 Å². The van der Waals surface area contributed by atoms with E-state index in [1.54, 1.807) is 0 Å². The van der Waals surface area contributed by atoms with Crippen LogP contribution < -0.4 is 0 Å². The Labute approximate surface area is 238 Å². The fourth-order valence-electron chi connectivity index (χ4n) is 3.98. The van der Waals surface area contributed by atoms with Gasteiger partial charge in [-0.05, 0) is 87.5 Å². The van der Waals surface area contributed by atoms with Crippen molar-refractivity contribution in [1.29, 1.82) is 0 Å². The lowest BCUT2D eigenvalue weighted by molar-refractivity contribution is 0.0548. The number of ether oxygens (including phenoxy) is 1. The second kappa shape index (κ2) is 16.3. The van der Waals surface area contributed by atoms with E-state index >= 15 is 0 Å². The van der Waals surface area contributed by atoms with Crippen molar-refractivity contribution in [2.24, 2.45) is 17.8 Å². The predicted molar refractivity (Wildman–Crippen MR) is 170 cm³/mol. The third-order valence-electron chi connectivity index (χ3n) is 7.51. The first-order valence-corrected chi connectivity index (χ1v) is 17.8. The monoisotopic (exact) mass is 624 g/mol. The molecule has 0 bridgehead atoms. The Morgan fingerprint density at radius 2 is 1.72 bits per heavy atom. The molecule has 0 amide bonds. The van der Waals surface area contributed by atoms with E-state index in [9.17, 15) is 0 Å². The van der Waals surface area contributed by atoms with Crippen LogP contribution in [0.4, 0.5) is 0 Å².